The molecule has 0 atom stereocenters. The second kappa shape index (κ2) is 3.97. The molecule has 1 heterocycles. The van der Waals surface area contributed by atoms with E-state index in [0.717, 1.165) is 12.8 Å². The van der Waals surface area contributed by atoms with Crippen molar-refractivity contribution in [2.45, 2.75) is 32.2 Å². The lowest BCUT2D eigenvalue weighted by molar-refractivity contribution is -0.150. The fourth-order valence-electron chi connectivity index (χ4n) is 1.70. The van der Waals surface area contributed by atoms with Gasteiger partial charge in [-0.1, -0.05) is 0 Å². The number of nitriles is 1. The highest BCUT2D eigenvalue weighted by Gasteiger charge is 2.36. The van der Waals surface area contributed by atoms with Gasteiger partial charge in [0, 0.05) is 19.0 Å². The summed E-state index contributed by atoms with van der Waals surface area (Å²) in [5.74, 6) is -0.691. The monoisotopic (exact) mass is 196 g/mol. The number of rotatable bonds is 2. The summed E-state index contributed by atoms with van der Waals surface area (Å²) in [4.78, 5) is 12.9. The Balaban J connectivity index is 2.58. The molecular formula is C10H16N2O2. The Morgan fingerprint density at radius 1 is 1.50 bits per heavy atom. The first-order chi connectivity index (χ1) is 6.48. The predicted octanol–water partition coefficient (Wildman–Crippen LogP) is 1.09. The van der Waals surface area contributed by atoms with E-state index in [2.05, 4.69) is 6.07 Å². The molecule has 4 heteroatoms. The molecule has 0 spiro atoms. The van der Waals surface area contributed by atoms with Gasteiger partial charge in [0.25, 0.3) is 0 Å². The summed E-state index contributed by atoms with van der Waals surface area (Å²) in [5, 5.41) is 17.7. The van der Waals surface area contributed by atoms with E-state index in [9.17, 15) is 4.79 Å². The minimum absolute atomic E-state index is 0.107. The van der Waals surface area contributed by atoms with Crippen molar-refractivity contribution >= 4 is 5.97 Å². The molecule has 0 saturated carbocycles. The van der Waals surface area contributed by atoms with E-state index in [0.29, 0.717) is 13.1 Å². The third-order valence-electron chi connectivity index (χ3n) is 2.99. The van der Waals surface area contributed by atoms with Gasteiger partial charge in [0.1, 0.15) is 5.54 Å². The van der Waals surface area contributed by atoms with Crippen LogP contribution in [0.4, 0.5) is 0 Å². The molecule has 0 aromatic carbocycles. The number of carbonyl (C=O) groups is 1. The van der Waals surface area contributed by atoms with Crippen LogP contribution in [-0.4, -0.2) is 34.6 Å². The zero-order valence-electron chi connectivity index (χ0n) is 8.66. The highest BCUT2D eigenvalue weighted by molar-refractivity contribution is 5.77. The Morgan fingerprint density at radius 2 is 2.00 bits per heavy atom. The molecular weight excluding hydrogens is 180 g/mol. The van der Waals surface area contributed by atoms with Crippen LogP contribution in [0.25, 0.3) is 0 Å². The molecule has 4 nitrogen and oxygen atoms in total. The summed E-state index contributed by atoms with van der Waals surface area (Å²) in [7, 11) is 0. The third-order valence-corrected chi connectivity index (χ3v) is 2.99. The van der Waals surface area contributed by atoms with Gasteiger partial charge in [0.05, 0.1) is 6.07 Å². The largest absolute Gasteiger partial charge is 0.480 e. The van der Waals surface area contributed by atoms with Gasteiger partial charge in [-0.25, -0.2) is 0 Å². The molecule has 0 aliphatic carbocycles. The third kappa shape index (κ3) is 2.05. The van der Waals surface area contributed by atoms with E-state index >= 15 is 0 Å². The molecule has 0 unspecified atom stereocenters. The maximum Gasteiger partial charge on any atom is 0.323 e. The molecule has 1 rings (SSSR count). The molecule has 1 saturated heterocycles. The number of carboxylic acids is 1. The van der Waals surface area contributed by atoms with Crippen molar-refractivity contribution in [3.8, 4) is 6.07 Å². The van der Waals surface area contributed by atoms with Gasteiger partial charge < -0.3 is 5.11 Å². The number of hydrogen-bond acceptors (Lipinski definition) is 3. The van der Waals surface area contributed by atoms with Crippen molar-refractivity contribution < 1.29 is 9.90 Å². The zero-order chi connectivity index (χ0) is 10.8. The van der Waals surface area contributed by atoms with Crippen LogP contribution in [0.1, 0.15) is 26.7 Å². The van der Waals surface area contributed by atoms with Crippen molar-refractivity contribution in [2.75, 3.05) is 13.1 Å². The molecule has 0 bridgehead atoms. The topological polar surface area (TPSA) is 64.3 Å². The quantitative estimate of drug-likeness (QED) is 0.718. The molecule has 1 fully saturated rings. The first-order valence-electron chi connectivity index (χ1n) is 4.86. The van der Waals surface area contributed by atoms with Gasteiger partial charge in [-0.05, 0) is 26.7 Å². The van der Waals surface area contributed by atoms with Crippen molar-refractivity contribution in [3.63, 3.8) is 0 Å². The summed E-state index contributed by atoms with van der Waals surface area (Å²) >= 11 is 0. The Kier molecular flexibility index (Phi) is 3.12. The second-order valence-electron chi connectivity index (χ2n) is 4.25. The number of carboxylic acid groups (broad SMARTS) is 1. The average Bonchev–Trinajstić information content (AvgIpc) is 2.17. The minimum atomic E-state index is -0.805. The lowest BCUT2D eigenvalue weighted by atomic mass is 9.93. The van der Waals surface area contributed by atoms with Crippen LogP contribution in [0, 0.1) is 17.2 Å². The number of aliphatic carboxylic acids is 1. The number of hydrogen-bond donors (Lipinski definition) is 1. The van der Waals surface area contributed by atoms with Crippen LogP contribution in [0.15, 0.2) is 0 Å². The molecule has 0 aromatic heterocycles. The summed E-state index contributed by atoms with van der Waals surface area (Å²) in [5.41, 5.74) is -0.805. The highest BCUT2D eigenvalue weighted by Crippen LogP contribution is 2.23. The van der Waals surface area contributed by atoms with Crippen molar-refractivity contribution in [1.82, 2.24) is 4.90 Å². The van der Waals surface area contributed by atoms with Gasteiger partial charge in [-0.3, -0.25) is 9.69 Å². The fraction of sp³-hybridized carbons (Fsp3) is 0.800. The Bertz CT molecular complexity index is 260. The normalized spacial score (nSPS) is 20.4. The van der Waals surface area contributed by atoms with Gasteiger partial charge >= 0.3 is 5.97 Å². The molecule has 1 aliphatic rings. The summed E-state index contributed by atoms with van der Waals surface area (Å²) in [6.45, 7) is 4.83. The summed E-state index contributed by atoms with van der Waals surface area (Å²) in [6, 6.07) is 2.23. The molecule has 0 aromatic rings. The fourth-order valence-corrected chi connectivity index (χ4v) is 1.70. The number of piperidine rings is 1. The van der Waals surface area contributed by atoms with Crippen LogP contribution in [0.5, 0.6) is 0 Å². The Labute approximate surface area is 84.1 Å². The molecule has 1 N–H and O–H groups in total. The van der Waals surface area contributed by atoms with E-state index in [1.807, 2.05) is 4.90 Å². The zero-order valence-corrected chi connectivity index (χ0v) is 8.66. The first-order valence-corrected chi connectivity index (χ1v) is 4.86. The smallest absolute Gasteiger partial charge is 0.323 e. The summed E-state index contributed by atoms with van der Waals surface area (Å²) < 4.78 is 0. The van der Waals surface area contributed by atoms with E-state index in [4.69, 9.17) is 10.4 Å². The Morgan fingerprint density at radius 3 is 2.36 bits per heavy atom. The van der Waals surface area contributed by atoms with E-state index < -0.39 is 11.5 Å². The average molecular weight is 196 g/mol. The van der Waals surface area contributed by atoms with Crippen molar-refractivity contribution in [1.29, 1.82) is 5.26 Å². The maximum absolute atomic E-state index is 11.0. The lowest BCUT2D eigenvalue weighted by Crippen LogP contribution is -2.53. The number of nitrogens with zero attached hydrogens (tertiary/aromatic N) is 2. The Hall–Kier alpha value is -1.08. The highest BCUT2D eigenvalue weighted by atomic mass is 16.4. The van der Waals surface area contributed by atoms with Crippen LogP contribution in [0.3, 0.4) is 0 Å². The van der Waals surface area contributed by atoms with E-state index in [1.54, 1.807) is 13.8 Å². The van der Waals surface area contributed by atoms with Crippen molar-refractivity contribution in [3.05, 3.63) is 0 Å². The van der Waals surface area contributed by atoms with Crippen LogP contribution in [-0.2, 0) is 4.79 Å². The van der Waals surface area contributed by atoms with Gasteiger partial charge in [0.15, 0.2) is 0 Å². The molecule has 0 radical (unpaired) electrons. The molecule has 78 valence electrons. The van der Waals surface area contributed by atoms with Crippen LogP contribution in [0.2, 0.25) is 0 Å². The van der Waals surface area contributed by atoms with Crippen molar-refractivity contribution in [2.24, 2.45) is 5.92 Å². The van der Waals surface area contributed by atoms with Crippen LogP contribution < -0.4 is 0 Å². The lowest BCUT2D eigenvalue weighted by Gasteiger charge is -2.38. The number of likely N-dealkylation sites (tertiary alicyclic amines) is 1. The van der Waals surface area contributed by atoms with E-state index in [1.165, 1.54) is 0 Å². The van der Waals surface area contributed by atoms with E-state index in [-0.39, 0.29) is 5.92 Å². The van der Waals surface area contributed by atoms with Gasteiger partial charge in [0.2, 0.25) is 0 Å². The molecule has 0 amide bonds. The first kappa shape index (κ1) is 11.0. The summed E-state index contributed by atoms with van der Waals surface area (Å²) in [6.07, 6.45) is 1.57. The maximum atomic E-state index is 11.0. The molecule has 14 heavy (non-hydrogen) atoms. The van der Waals surface area contributed by atoms with Crippen LogP contribution >= 0.6 is 0 Å². The second-order valence-corrected chi connectivity index (χ2v) is 4.25. The predicted molar refractivity (Wildman–Crippen MR) is 51.6 cm³/mol. The molecule has 1 aliphatic heterocycles. The SMILES string of the molecule is CC(C)(C(=O)O)N1CCC(C#N)CC1. The standard InChI is InChI=1S/C10H16N2O2/c1-10(2,9(13)14)12-5-3-8(7-11)4-6-12/h8H,3-6H2,1-2H3,(H,13,14). The van der Waals surface area contributed by atoms with Gasteiger partial charge in [-0.15, -0.1) is 0 Å². The van der Waals surface area contributed by atoms with Gasteiger partial charge in [-0.2, -0.15) is 5.26 Å². The minimum Gasteiger partial charge on any atom is -0.480 e.